The first-order valence-electron chi connectivity index (χ1n) is 5.12. The van der Waals surface area contributed by atoms with Gasteiger partial charge in [-0.1, -0.05) is 0 Å². The first kappa shape index (κ1) is 12.0. The van der Waals surface area contributed by atoms with Gasteiger partial charge in [-0.3, -0.25) is 4.79 Å². The van der Waals surface area contributed by atoms with Gasteiger partial charge in [-0.05, 0) is 18.2 Å². The number of hydrogen-bond donors (Lipinski definition) is 1. The molecule has 2 heterocycles. The van der Waals surface area contributed by atoms with E-state index in [-0.39, 0.29) is 5.56 Å². The van der Waals surface area contributed by atoms with Crippen molar-refractivity contribution in [2.75, 3.05) is 12.4 Å². The summed E-state index contributed by atoms with van der Waals surface area (Å²) >= 11 is 0. The van der Waals surface area contributed by atoms with Crippen molar-refractivity contribution in [3.05, 3.63) is 48.2 Å². The van der Waals surface area contributed by atoms with E-state index in [1.54, 1.807) is 12.1 Å². The molecule has 0 aliphatic heterocycles. The van der Waals surface area contributed by atoms with Crippen LogP contribution in [0.1, 0.15) is 10.4 Å². The van der Waals surface area contributed by atoms with Crippen LogP contribution in [0.25, 0.3) is 0 Å². The highest BCUT2D eigenvalue weighted by atomic mass is 19.1. The third-order valence-electron chi connectivity index (χ3n) is 2.21. The number of hydrogen-bond acceptors (Lipinski definition) is 4. The molecule has 1 N–H and O–H groups in total. The van der Waals surface area contributed by atoms with Crippen molar-refractivity contribution in [3.8, 4) is 5.88 Å². The highest BCUT2D eigenvalue weighted by Gasteiger charge is 2.12. The average molecular weight is 247 g/mol. The van der Waals surface area contributed by atoms with E-state index in [0.29, 0.717) is 11.6 Å². The predicted molar refractivity (Wildman–Crippen MR) is 62.9 cm³/mol. The Hall–Kier alpha value is -2.50. The van der Waals surface area contributed by atoms with Crippen molar-refractivity contribution in [1.29, 1.82) is 0 Å². The maximum Gasteiger partial charge on any atom is 0.260 e. The minimum atomic E-state index is -0.809. The molecular weight excluding hydrogens is 237 g/mol. The van der Waals surface area contributed by atoms with Crippen LogP contribution >= 0.6 is 0 Å². The Bertz CT molecular complexity index is 558. The molecule has 0 unspecified atom stereocenters. The Labute approximate surface area is 103 Å². The quantitative estimate of drug-likeness (QED) is 0.841. The second-order valence-electron chi connectivity index (χ2n) is 3.39. The highest BCUT2D eigenvalue weighted by molar-refractivity contribution is 6.04. The zero-order chi connectivity index (χ0) is 13.0. The summed E-state index contributed by atoms with van der Waals surface area (Å²) in [5.41, 5.74) is 0.331. The molecule has 0 saturated heterocycles. The summed E-state index contributed by atoms with van der Waals surface area (Å²) in [6, 6.07) is 6.05. The molecule has 6 heteroatoms. The van der Waals surface area contributed by atoms with Gasteiger partial charge in [0.15, 0.2) is 0 Å². The number of carbonyl (C=O) groups is 1. The summed E-state index contributed by atoms with van der Waals surface area (Å²) in [5.74, 6) is -0.954. The normalized spacial score (nSPS) is 9.89. The second-order valence-corrected chi connectivity index (χ2v) is 3.39. The number of anilines is 1. The van der Waals surface area contributed by atoms with E-state index in [1.165, 1.54) is 31.6 Å². The summed E-state index contributed by atoms with van der Waals surface area (Å²) in [5, 5.41) is 2.51. The van der Waals surface area contributed by atoms with Crippen molar-refractivity contribution in [2.45, 2.75) is 0 Å². The van der Waals surface area contributed by atoms with Gasteiger partial charge in [-0.2, -0.15) is 4.39 Å². The number of carbonyl (C=O) groups excluding carboxylic acids is 1. The van der Waals surface area contributed by atoms with Crippen LogP contribution in [0.5, 0.6) is 5.88 Å². The monoisotopic (exact) mass is 247 g/mol. The molecule has 0 aromatic carbocycles. The van der Waals surface area contributed by atoms with E-state index in [1.807, 2.05) is 0 Å². The first-order valence-corrected chi connectivity index (χ1v) is 5.12. The molecule has 0 saturated carbocycles. The maximum atomic E-state index is 13.3. The summed E-state index contributed by atoms with van der Waals surface area (Å²) in [6.45, 7) is 0. The molecular formula is C12H10FN3O2. The molecule has 0 aliphatic carbocycles. The smallest absolute Gasteiger partial charge is 0.260 e. The predicted octanol–water partition coefficient (Wildman–Crippen LogP) is 1.88. The molecule has 0 spiro atoms. The minimum Gasteiger partial charge on any atom is -0.481 e. The van der Waals surface area contributed by atoms with Crippen LogP contribution in [0.2, 0.25) is 0 Å². The van der Waals surface area contributed by atoms with Crippen LogP contribution in [0.3, 0.4) is 0 Å². The number of ether oxygens (including phenoxy) is 1. The van der Waals surface area contributed by atoms with E-state index in [0.717, 1.165) is 0 Å². The molecule has 1 amide bonds. The van der Waals surface area contributed by atoms with Crippen molar-refractivity contribution in [3.63, 3.8) is 0 Å². The van der Waals surface area contributed by atoms with Crippen LogP contribution in [0.4, 0.5) is 10.1 Å². The van der Waals surface area contributed by atoms with E-state index >= 15 is 0 Å². The summed E-state index contributed by atoms with van der Waals surface area (Å²) in [6.07, 6.45) is 2.70. The number of aromatic nitrogens is 2. The Morgan fingerprint density at radius 3 is 2.78 bits per heavy atom. The minimum absolute atomic E-state index is 0.117. The summed E-state index contributed by atoms with van der Waals surface area (Å²) < 4.78 is 18.1. The van der Waals surface area contributed by atoms with Crippen LogP contribution in [0, 0.1) is 5.95 Å². The molecule has 0 atom stereocenters. The van der Waals surface area contributed by atoms with Gasteiger partial charge >= 0.3 is 0 Å². The zero-order valence-electron chi connectivity index (χ0n) is 9.55. The molecule has 0 bridgehead atoms. The first-order chi connectivity index (χ1) is 8.70. The number of nitrogens with zero attached hydrogens (tertiary/aromatic N) is 2. The van der Waals surface area contributed by atoms with Gasteiger partial charge in [0.25, 0.3) is 5.91 Å². The molecule has 92 valence electrons. The van der Waals surface area contributed by atoms with Gasteiger partial charge in [0.05, 0.1) is 24.6 Å². The molecule has 2 aromatic rings. The molecule has 5 nitrogen and oxygen atoms in total. The lowest BCUT2D eigenvalue weighted by Gasteiger charge is -2.05. The Kier molecular flexibility index (Phi) is 3.47. The van der Waals surface area contributed by atoms with Crippen molar-refractivity contribution >= 4 is 11.6 Å². The third-order valence-corrected chi connectivity index (χ3v) is 2.21. The van der Waals surface area contributed by atoms with E-state index in [9.17, 15) is 9.18 Å². The zero-order valence-corrected chi connectivity index (χ0v) is 9.55. The van der Waals surface area contributed by atoms with Gasteiger partial charge in [-0.15, -0.1) is 0 Å². The topological polar surface area (TPSA) is 64.1 Å². The maximum absolute atomic E-state index is 13.3. The number of methoxy groups -OCH3 is 1. The van der Waals surface area contributed by atoms with E-state index < -0.39 is 11.9 Å². The number of halogens is 1. The van der Waals surface area contributed by atoms with Gasteiger partial charge < -0.3 is 10.1 Å². The van der Waals surface area contributed by atoms with Gasteiger partial charge in [0, 0.05) is 12.3 Å². The SMILES string of the molecule is COc1ccc(NC(=O)c2cccnc2F)cn1. The molecule has 2 aromatic heterocycles. The van der Waals surface area contributed by atoms with Crippen LogP contribution in [0.15, 0.2) is 36.7 Å². The van der Waals surface area contributed by atoms with E-state index in [4.69, 9.17) is 4.74 Å². The fourth-order valence-electron chi connectivity index (χ4n) is 1.33. The Balaban J connectivity index is 2.14. The lowest BCUT2D eigenvalue weighted by atomic mass is 10.2. The number of pyridine rings is 2. The van der Waals surface area contributed by atoms with E-state index in [2.05, 4.69) is 15.3 Å². The standard InChI is InChI=1S/C12H10FN3O2/c1-18-10-5-4-8(7-15-10)16-12(17)9-3-2-6-14-11(9)13/h2-7H,1H3,(H,16,17). The van der Waals surface area contributed by atoms with Crippen molar-refractivity contribution in [2.24, 2.45) is 0 Å². The summed E-state index contributed by atoms with van der Waals surface area (Å²) in [4.78, 5) is 19.1. The second kappa shape index (κ2) is 5.22. The fourth-order valence-corrected chi connectivity index (χ4v) is 1.33. The molecule has 0 aliphatic rings. The number of amides is 1. The largest absolute Gasteiger partial charge is 0.481 e. The highest BCUT2D eigenvalue weighted by Crippen LogP contribution is 2.13. The molecule has 0 fully saturated rings. The Morgan fingerprint density at radius 1 is 1.33 bits per heavy atom. The van der Waals surface area contributed by atoms with Gasteiger partial charge in [-0.25, -0.2) is 9.97 Å². The lowest BCUT2D eigenvalue weighted by Crippen LogP contribution is -2.14. The number of rotatable bonds is 3. The van der Waals surface area contributed by atoms with Crippen molar-refractivity contribution < 1.29 is 13.9 Å². The molecule has 0 radical (unpaired) electrons. The molecule has 2 rings (SSSR count). The Morgan fingerprint density at radius 2 is 2.17 bits per heavy atom. The van der Waals surface area contributed by atoms with Gasteiger partial charge in [0.1, 0.15) is 0 Å². The van der Waals surface area contributed by atoms with Crippen molar-refractivity contribution in [1.82, 2.24) is 9.97 Å². The third kappa shape index (κ3) is 2.60. The molecule has 18 heavy (non-hydrogen) atoms. The van der Waals surface area contributed by atoms with Crippen LogP contribution < -0.4 is 10.1 Å². The fraction of sp³-hybridized carbons (Fsp3) is 0.0833. The van der Waals surface area contributed by atoms with Crippen LogP contribution in [-0.4, -0.2) is 23.0 Å². The average Bonchev–Trinajstić information content (AvgIpc) is 2.40. The van der Waals surface area contributed by atoms with Crippen LogP contribution in [-0.2, 0) is 0 Å². The lowest BCUT2D eigenvalue weighted by molar-refractivity contribution is 0.102. The van der Waals surface area contributed by atoms with Gasteiger partial charge in [0.2, 0.25) is 11.8 Å². The summed E-state index contributed by atoms with van der Waals surface area (Å²) in [7, 11) is 1.49. The number of nitrogens with one attached hydrogen (secondary N) is 1.